The third kappa shape index (κ3) is 1.63. The molecule has 5 heteroatoms. The normalized spacial score (nSPS) is 13.2. The maximum Gasteiger partial charge on any atom is 0.328 e. The van der Waals surface area contributed by atoms with Crippen molar-refractivity contribution in [2.45, 2.75) is 19.6 Å². The van der Waals surface area contributed by atoms with E-state index in [9.17, 15) is 14.3 Å². The van der Waals surface area contributed by atoms with Crippen LogP contribution >= 0.6 is 0 Å². The Hall–Kier alpha value is -1.62. The lowest BCUT2D eigenvalue weighted by Gasteiger charge is -2.05. The third-order valence-corrected chi connectivity index (χ3v) is 2.55. The van der Waals surface area contributed by atoms with Crippen LogP contribution in [0.1, 0.15) is 6.92 Å². The maximum atomic E-state index is 13.0. The third-order valence-electron chi connectivity index (χ3n) is 2.55. The Morgan fingerprint density at radius 1 is 1.44 bits per heavy atom. The van der Waals surface area contributed by atoms with Crippen LogP contribution in [0, 0.1) is 5.82 Å². The van der Waals surface area contributed by atoms with Crippen LogP contribution in [0.5, 0.6) is 0 Å². The molecule has 0 spiro atoms. The molecule has 2 rings (SSSR count). The lowest BCUT2D eigenvalue weighted by molar-refractivity contribution is 0.173. The molecule has 0 bridgehead atoms. The van der Waals surface area contributed by atoms with Crippen molar-refractivity contribution in [1.82, 2.24) is 9.13 Å². The zero-order valence-electron chi connectivity index (χ0n) is 9.14. The van der Waals surface area contributed by atoms with E-state index in [0.717, 1.165) is 0 Å². The number of aromatic nitrogens is 2. The second kappa shape index (κ2) is 3.75. The first-order valence-electron chi connectivity index (χ1n) is 5.03. The van der Waals surface area contributed by atoms with Gasteiger partial charge in [0.15, 0.2) is 0 Å². The average Bonchev–Trinajstić information content (AvgIpc) is 2.43. The standard InChI is InChI=1S/C11H13FN2O2/c1-7(15)6-14-9-4-3-8(12)5-10(9)13(2)11(14)16/h3-5,7,15H,6H2,1-2H3. The molecule has 0 saturated carbocycles. The number of hydrogen-bond donors (Lipinski definition) is 1. The minimum Gasteiger partial charge on any atom is -0.392 e. The summed E-state index contributed by atoms with van der Waals surface area (Å²) in [7, 11) is 1.59. The Balaban J connectivity index is 2.74. The topological polar surface area (TPSA) is 47.2 Å². The molecular formula is C11H13FN2O2. The summed E-state index contributed by atoms with van der Waals surface area (Å²) >= 11 is 0. The molecule has 86 valence electrons. The number of aryl methyl sites for hydroxylation is 1. The van der Waals surface area contributed by atoms with Gasteiger partial charge in [-0.25, -0.2) is 9.18 Å². The van der Waals surface area contributed by atoms with Gasteiger partial charge >= 0.3 is 5.69 Å². The predicted molar refractivity (Wildman–Crippen MR) is 58.8 cm³/mol. The van der Waals surface area contributed by atoms with Gasteiger partial charge in [-0.15, -0.1) is 0 Å². The highest BCUT2D eigenvalue weighted by Crippen LogP contribution is 2.14. The molecule has 4 nitrogen and oxygen atoms in total. The summed E-state index contributed by atoms with van der Waals surface area (Å²) in [6.45, 7) is 1.82. The Labute approximate surface area is 91.5 Å². The summed E-state index contributed by atoms with van der Waals surface area (Å²) in [5.74, 6) is -0.378. The molecule has 0 fully saturated rings. The summed E-state index contributed by atoms with van der Waals surface area (Å²) in [6.07, 6.45) is -0.617. The maximum absolute atomic E-state index is 13.0. The summed E-state index contributed by atoms with van der Waals surface area (Å²) < 4.78 is 15.9. The number of halogens is 1. The number of imidazole rings is 1. The highest BCUT2D eigenvalue weighted by atomic mass is 19.1. The van der Waals surface area contributed by atoms with Gasteiger partial charge in [-0.3, -0.25) is 9.13 Å². The van der Waals surface area contributed by atoms with E-state index < -0.39 is 6.10 Å². The van der Waals surface area contributed by atoms with Crippen LogP contribution in [0.4, 0.5) is 4.39 Å². The molecular weight excluding hydrogens is 211 g/mol. The molecule has 1 aromatic heterocycles. The number of fused-ring (bicyclic) bond motifs is 1. The van der Waals surface area contributed by atoms with Gasteiger partial charge in [0.1, 0.15) is 5.82 Å². The van der Waals surface area contributed by atoms with Crippen molar-refractivity contribution in [3.63, 3.8) is 0 Å². The van der Waals surface area contributed by atoms with Crippen molar-refractivity contribution in [3.05, 3.63) is 34.5 Å². The van der Waals surface area contributed by atoms with Crippen LogP contribution in [0.25, 0.3) is 11.0 Å². The molecule has 1 heterocycles. The van der Waals surface area contributed by atoms with Crippen molar-refractivity contribution in [1.29, 1.82) is 0 Å². The molecule has 1 atom stereocenters. The monoisotopic (exact) mass is 224 g/mol. The van der Waals surface area contributed by atoms with Gasteiger partial charge in [-0.2, -0.15) is 0 Å². The smallest absolute Gasteiger partial charge is 0.328 e. The number of aliphatic hydroxyl groups is 1. The molecule has 16 heavy (non-hydrogen) atoms. The van der Waals surface area contributed by atoms with Gasteiger partial charge < -0.3 is 5.11 Å². The Morgan fingerprint density at radius 3 is 2.75 bits per heavy atom. The quantitative estimate of drug-likeness (QED) is 0.822. The van der Waals surface area contributed by atoms with Crippen molar-refractivity contribution in [3.8, 4) is 0 Å². The molecule has 0 aliphatic heterocycles. The summed E-state index contributed by atoms with van der Waals surface area (Å²) in [6, 6.07) is 4.17. The second-order valence-electron chi connectivity index (χ2n) is 3.93. The highest BCUT2D eigenvalue weighted by molar-refractivity contribution is 5.76. The van der Waals surface area contributed by atoms with E-state index in [1.165, 1.54) is 21.3 Å². The molecule has 0 radical (unpaired) electrons. The molecule has 1 unspecified atom stereocenters. The Bertz CT molecular complexity index is 583. The summed E-state index contributed by atoms with van der Waals surface area (Å²) in [5, 5.41) is 9.31. The number of hydrogen-bond acceptors (Lipinski definition) is 2. The minimum atomic E-state index is -0.617. The van der Waals surface area contributed by atoms with Crippen LogP contribution in [0.2, 0.25) is 0 Å². The number of benzene rings is 1. The van der Waals surface area contributed by atoms with Crippen LogP contribution in [0.15, 0.2) is 23.0 Å². The van der Waals surface area contributed by atoms with Crippen molar-refractivity contribution >= 4 is 11.0 Å². The molecule has 0 saturated heterocycles. The molecule has 1 aromatic carbocycles. The molecule has 0 amide bonds. The SMILES string of the molecule is CC(O)Cn1c(=O)n(C)c2cc(F)ccc21. The fraction of sp³-hybridized carbons (Fsp3) is 0.364. The summed E-state index contributed by atoms with van der Waals surface area (Å²) in [5.41, 5.74) is 0.918. The van der Waals surface area contributed by atoms with Gasteiger partial charge in [0.05, 0.1) is 23.7 Å². The lowest BCUT2D eigenvalue weighted by Crippen LogP contribution is -2.26. The van der Waals surface area contributed by atoms with E-state index in [-0.39, 0.29) is 18.1 Å². The summed E-state index contributed by atoms with van der Waals surface area (Å²) in [4.78, 5) is 11.8. The van der Waals surface area contributed by atoms with Crippen LogP contribution in [-0.4, -0.2) is 20.3 Å². The van der Waals surface area contributed by atoms with Crippen molar-refractivity contribution < 1.29 is 9.50 Å². The van der Waals surface area contributed by atoms with Gasteiger partial charge in [0, 0.05) is 7.05 Å². The largest absolute Gasteiger partial charge is 0.392 e. The van der Waals surface area contributed by atoms with Gasteiger partial charge in [-0.1, -0.05) is 0 Å². The fourth-order valence-corrected chi connectivity index (χ4v) is 1.82. The van der Waals surface area contributed by atoms with Gasteiger partial charge in [0.25, 0.3) is 0 Å². The Kier molecular flexibility index (Phi) is 2.55. The Morgan fingerprint density at radius 2 is 2.12 bits per heavy atom. The minimum absolute atomic E-state index is 0.210. The van der Waals surface area contributed by atoms with Crippen molar-refractivity contribution in [2.75, 3.05) is 0 Å². The van der Waals surface area contributed by atoms with Crippen molar-refractivity contribution in [2.24, 2.45) is 7.05 Å². The molecule has 2 aromatic rings. The first-order valence-corrected chi connectivity index (χ1v) is 5.03. The van der Waals surface area contributed by atoms with Crippen LogP contribution < -0.4 is 5.69 Å². The first-order chi connectivity index (χ1) is 7.50. The number of rotatable bonds is 2. The highest BCUT2D eigenvalue weighted by Gasteiger charge is 2.12. The van der Waals surface area contributed by atoms with Crippen LogP contribution in [0.3, 0.4) is 0 Å². The molecule has 1 N–H and O–H groups in total. The lowest BCUT2D eigenvalue weighted by atomic mass is 10.3. The van der Waals surface area contributed by atoms with E-state index in [1.54, 1.807) is 20.0 Å². The van der Waals surface area contributed by atoms with Crippen LogP contribution in [-0.2, 0) is 13.6 Å². The van der Waals surface area contributed by atoms with Gasteiger partial charge in [-0.05, 0) is 25.1 Å². The predicted octanol–water partition coefficient (Wildman–Crippen LogP) is 0.860. The number of aliphatic hydroxyl groups excluding tert-OH is 1. The second-order valence-corrected chi connectivity index (χ2v) is 3.93. The number of nitrogens with zero attached hydrogens (tertiary/aromatic N) is 2. The van der Waals surface area contributed by atoms with E-state index >= 15 is 0 Å². The average molecular weight is 224 g/mol. The molecule has 0 aliphatic carbocycles. The fourth-order valence-electron chi connectivity index (χ4n) is 1.82. The van der Waals surface area contributed by atoms with Gasteiger partial charge in [0.2, 0.25) is 0 Å². The van der Waals surface area contributed by atoms with E-state index in [0.29, 0.717) is 11.0 Å². The van der Waals surface area contributed by atoms with E-state index in [2.05, 4.69) is 0 Å². The molecule has 0 aliphatic rings. The first kappa shape index (κ1) is 10.9. The zero-order chi connectivity index (χ0) is 11.9. The van der Waals surface area contributed by atoms with E-state index in [4.69, 9.17) is 0 Å². The zero-order valence-corrected chi connectivity index (χ0v) is 9.14. The van der Waals surface area contributed by atoms with E-state index in [1.807, 2.05) is 0 Å².